The van der Waals surface area contributed by atoms with Crippen molar-refractivity contribution in [3.63, 3.8) is 0 Å². The van der Waals surface area contributed by atoms with E-state index in [9.17, 15) is 14.4 Å². The molecule has 0 fully saturated rings. The number of methoxy groups -OCH3 is 4. The second kappa shape index (κ2) is 8.15. The summed E-state index contributed by atoms with van der Waals surface area (Å²) in [5.74, 6) is 0.536. The molecule has 0 aliphatic heterocycles. The molecule has 26 heavy (non-hydrogen) atoms. The summed E-state index contributed by atoms with van der Waals surface area (Å²) in [5.41, 5.74) is 0.658. The predicted molar refractivity (Wildman–Crippen MR) is 93.3 cm³/mol. The van der Waals surface area contributed by atoms with Gasteiger partial charge in [0.05, 0.1) is 50.7 Å². The smallest absolute Gasteiger partial charge is 0.200 e. The molecule has 0 bridgehead atoms. The standard InChI is InChI=1S/C19H18O7/c1-23-15-7-17(25-3)13(5-11(15)9-20)19(22)14-6-12(10-21)16(24-2)8-18(14)26-4/h5-10H,1-4H3. The molecule has 7 heteroatoms. The Labute approximate surface area is 150 Å². The highest BCUT2D eigenvalue weighted by atomic mass is 16.5. The van der Waals surface area contributed by atoms with Crippen LogP contribution in [0.5, 0.6) is 23.0 Å². The van der Waals surface area contributed by atoms with Crippen LogP contribution in [0.1, 0.15) is 36.6 Å². The van der Waals surface area contributed by atoms with Crippen molar-refractivity contribution in [3.05, 3.63) is 46.5 Å². The summed E-state index contributed by atoms with van der Waals surface area (Å²) in [4.78, 5) is 35.6. The zero-order chi connectivity index (χ0) is 19.3. The van der Waals surface area contributed by atoms with Crippen molar-refractivity contribution >= 4 is 18.4 Å². The molecule has 0 N–H and O–H groups in total. The lowest BCUT2D eigenvalue weighted by atomic mass is 9.97. The second-order valence-corrected chi connectivity index (χ2v) is 5.15. The third kappa shape index (κ3) is 3.37. The summed E-state index contributed by atoms with van der Waals surface area (Å²) in [6.07, 6.45) is 1.16. The maximum absolute atomic E-state index is 13.1. The predicted octanol–water partition coefficient (Wildman–Crippen LogP) is 2.58. The first-order chi connectivity index (χ1) is 12.5. The van der Waals surface area contributed by atoms with E-state index in [1.165, 1.54) is 52.7 Å². The number of carbonyl (C=O) groups excluding carboxylic acids is 3. The van der Waals surface area contributed by atoms with E-state index in [1.807, 2.05) is 0 Å². The van der Waals surface area contributed by atoms with Crippen molar-refractivity contribution in [2.45, 2.75) is 0 Å². The normalized spacial score (nSPS) is 10.0. The molecule has 0 spiro atoms. The Morgan fingerprint density at radius 1 is 0.654 bits per heavy atom. The number of hydrogen-bond acceptors (Lipinski definition) is 7. The van der Waals surface area contributed by atoms with Crippen LogP contribution in [-0.4, -0.2) is 46.8 Å². The van der Waals surface area contributed by atoms with E-state index in [0.29, 0.717) is 12.6 Å². The van der Waals surface area contributed by atoms with E-state index >= 15 is 0 Å². The molecule has 0 unspecified atom stereocenters. The third-order valence-electron chi connectivity index (χ3n) is 3.85. The maximum Gasteiger partial charge on any atom is 0.200 e. The molecular formula is C19H18O7. The minimum absolute atomic E-state index is 0.135. The van der Waals surface area contributed by atoms with Gasteiger partial charge in [0.15, 0.2) is 12.6 Å². The van der Waals surface area contributed by atoms with E-state index < -0.39 is 5.78 Å². The van der Waals surface area contributed by atoms with Crippen molar-refractivity contribution < 1.29 is 33.3 Å². The highest BCUT2D eigenvalue weighted by molar-refractivity contribution is 6.14. The third-order valence-corrected chi connectivity index (χ3v) is 3.85. The Morgan fingerprint density at radius 2 is 1.00 bits per heavy atom. The van der Waals surface area contributed by atoms with E-state index in [4.69, 9.17) is 18.9 Å². The van der Waals surface area contributed by atoms with E-state index in [0.717, 1.165) is 0 Å². The SMILES string of the molecule is COc1cc(OC)c(C(=O)c2cc(C=O)c(OC)cc2OC)cc1C=O. The number of ether oxygens (including phenoxy) is 4. The first kappa shape index (κ1) is 19.0. The van der Waals surface area contributed by atoms with Gasteiger partial charge in [-0.3, -0.25) is 14.4 Å². The fourth-order valence-electron chi connectivity index (χ4n) is 2.53. The van der Waals surface area contributed by atoms with E-state index in [-0.39, 0.29) is 45.3 Å². The maximum atomic E-state index is 13.1. The molecule has 0 aromatic heterocycles. The van der Waals surface area contributed by atoms with Crippen molar-refractivity contribution in [2.75, 3.05) is 28.4 Å². The van der Waals surface area contributed by atoms with Crippen LogP contribution in [0.25, 0.3) is 0 Å². The lowest BCUT2D eigenvalue weighted by molar-refractivity contribution is 0.103. The number of rotatable bonds is 8. The topological polar surface area (TPSA) is 88.1 Å². The molecule has 0 saturated carbocycles. The Morgan fingerprint density at radius 3 is 1.27 bits per heavy atom. The molecule has 7 nitrogen and oxygen atoms in total. The van der Waals surface area contributed by atoms with Gasteiger partial charge in [-0.2, -0.15) is 0 Å². The van der Waals surface area contributed by atoms with Crippen molar-refractivity contribution in [1.29, 1.82) is 0 Å². The molecule has 0 aliphatic carbocycles. The Bertz CT molecular complexity index is 786. The van der Waals surface area contributed by atoms with Crippen LogP contribution in [0.3, 0.4) is 0 Å². The first-order valence-electron chi connectivity index (χ1n) is 7.51. The van der Waals surface area contributed by atoms with E-state index in [2.05, 4.69) is 0 Å². The summed E-state index contributed by atoms with van der Waals surface area (Å²) >= 11 is 0. The van der Waals surface area contributed by atoms with Crippen LogP contribution < -0.4 is 18.9 Å². The van der Waals surface area contributed by atoms with Gasteiger partial charge in [0, 0.05) is 12.1 Å². The monoisotopic (exact) mass is 358 g/mol. The Hall–Kier alpha value is -3.35. The lowest BCUT2D eigenvalue weighted by Gasteiger charge is -2.15. The van der Waals surface area contributed by atoms with Gasteiger partial charge in [-0.25, -0.2) is 0 Å². The number of benzene rings is 2. The number of hydrogen-bond donors (Lipinski definition) is 0. The zero-order valence-electron chi connectivity index (χ0n) is 14.8. The van der Waals surface area contributed by atoms with Crippen LogP contribution in [0.2, 0.25) is 0 Å². The highest BCUT2D eigenvalue weighted by Crippen LogP contribution is 2.34. The van der Waals surface area contributed by atoms with Gasteiger partial charge in [-0.1, -0.05) is 0 Å². The quantitative estimate of drug-likeness (QED) is 0.529. The molecule has 2 aromatic rings. The fourth-order valence-corrected chi connectivity index (χ4v) is 2.53. The average Bonchev–Trinajstić information content (AvgIpc) is 2.70. The number of ketones is 1. The lowest BCUT2D eigenvalue weighted by Crippen LogP contribution is -2.09. The molecular weight excluding hydrogens is 340 g/mol. The van der Waals surface area contributed by atoms with Gasteiger partial charge in [-0.15, -0.1) is 0 Å². The molecule has 0 amide bonds. The summed E-state index contributed by atoms with van der Waals surface area (Å²) in [5, 5.41) is 0. The highest BCUT2D eigenvalue weighted by Gasteiger charge is 2.23. The Balaban J connectivity index is 2.69. The van der Waals surface area contributed by atoms with Gasteiger partial charge in [-0.05, 0) is 12.1 Å². The van der Waals surface area contributed by atoms with Crippen molar-refractivity contribution in [3.8, 4) is 23.0 Å². The molecule has 0 saturated heterocycles. The van der Waals surface area contributed by atoms with Crippen LogP contribution in [0.15, 0.2) is 24.3 Å². The molecule has 0 heterocycles. The number of carbonyl (C=O) groups is 3. The molecule has 0 aliphatic rings. The molecule has 136 valence electrons. The summed E-state index contributed by atoms with van der Waals surface area (Å²) in [6.45, 7) is 0. The number of aldehydes is 2. The van der Waals surface area contributed by atoms with Gasteiger partial charge in [0.25, 0.3) is 0 Å². The van der Waals surface area contributed by atoms with Gasteiger partial charge in [0.2, 0.25) is 5.78 Å². The minimum atomic E-state index is -0.477. The Kier molecular flexibility index (Phi) is 5.95. The average molecular weight is 358 g/mol. The molecule has 0 radical (unpaired) electrons. The van der Waals surface area contributed by atoms with E-state index in [1.54, 1.807) is 0 Å². The van der Waals surface area contributed by atoms with Crippen LogP contribution in [-0.2, 0) is 0 Å². The molecule has 2 aromatic carbocycles. The first-order valence-corrected chi connectivity index (χ1v) is 7.51. The van der Waals surface area contributed by atoms with Gasteiger partial charge in [0.1, 0.15) is 23.0 Å². The zero-order valence-corrected chi connectivity index (χ0v) is 14.8. The summed E-state index contributed by atoms with van der Waals surface area (Å²) in [6, 6.07) is 5.65. The van der Waals surface area contributed by atoms with Crippen molar-refractivity contribution in [1.82, 2.24) is 0 Å². The van der Waals surface area contributed by atoms with Crippen LogP contribution in [0.4, 0.5) is 0 Å². The van der Waals surface area contributed by atoms with Crippen molar-refractivity contribution in [2.24, 2.45) is 0 Å². The largest absolute Gasteiger partial charge is 0.496 e. The molecule has 0 atom stereocenters. The van der Waals surface area contributed by atoms with Crippen LogP contribution >= 0.6 is 0 Å². The van der Waals surface area contributed by atoms with Gasteiger partial charge < -0.3 is 18.9 Å². The van der Waals surface area contributed by atoms with Gasteiger partial charge >= 0.3 is 0 Å². The summed E-state index contributed by atoms with van der Waals surface area (Å²) < 4.78 is 20.7. The minimum Gasteiger partial charge on any atom is -0.496 e. The summed E-state index contributed by atoms with van der Waals surface area (Å²) in [7, 11) is 5.61. The second-order valence-electron chi connectivity index (χ2n) is 5.15. The van der Waals surface area contributed by atoms with Crippen LogP contribution in [0, 0.1) is 0 Å². The fraction of sp³-hybridized carbons (Fsp3) is 0.211. The molecule has 2 rings (SSSR count).